The van der Waals surface area contributed by atoms with E-state index in [9.17, 15) is 5.11 Å². The molecule has 1 atom stereocenters. The molecule has 1 heterocycles. The fourth-order valence-electron chi connectivity index (χ4n) is 1.85. The zero-order valence-electron chi connectivity index (χ0n) is 10.8. The van der Waals surface area contributed by atoms with Crippen molar-refractivity contribution in [3.8, 4) is 0 Å². The number of aliphatic hydroxyl groups is 1. The summed E-state index contributed by atoms with van der Waals surface area (Å²) in [6, 6.07) is 9.68. The van der Waals surface area contributed by atoms with E-state index < -0.39 is 6.10 Å². The van der Waals surface area contributed by atoms with E-state index in [0.29, 0.717) is 6.54 Å². The van der Waals surface area contributed by atoms with Crippen LogP contribution in [0.4, 0.5) is 0 Å². The topological polar surface area (TPSA) is 50.1 Å². The van der Waals surface area contributed by atoms with Crippen LogP contribution in [-0.4, -0.2) is 21.4 Å². The highest BCUT2D eigenvalue weighted by molar-refractivity contribution is 5.18. The van der Waals surface area contributed by atoms with Crippen molar-refractivity contribution in [2.45, 2.75) is 19.6 Å². The van der Waals surface area contributed by atoms with Crippen LogP contribution in [0.25, 0.3) is 0 Å². The molecule has 4 nitrogen and oxygen atoms in total. The molecule has 0 spiro atoms. The molecule has 18 heavy (non-hydrogen) atoms. The second-order valence-corrected chi connectivity index (χ2v) is 4.44. The van der Waals surface area contributed by atoms with E-state index in [0.717, 1.165) is 23.4 Å². The molecule has 0 aliphatic heterocycles. The lowest BCUT2D eigenvalue weighted by atomic mass is 10.1. The smallest absolute Gasteiger partial charge is 0.0914 e. The quantitative estimate of drug-likeness (QED) is 0.840. The summed E-state index contributed by atoms with van der Waals surface area (Å²) in [6.45, 7) is 3.31. The number of nitrogens with one attached hydrogen (secondary N) is 1. The van der Waals surface area contributed by atoms with Gasteiger partial charge in [-0.2, -0.15) is 5.10 Å². The number of nitrogens with zero attached hydrogens (tertiary/aromatic N) is 2. The van der Waals surface area contributed by atoms with E-state index in [1.54, 1.807) is 0 Å². The summed E-state index contributed by atoms with van der Waals surface area (Å²) < 4.78 is 1.85. The number of hydrogen-bond donors (Lipinski definition) is 2. The summed E-state index contributed by atoms with van der Waals surface area (Å²) in [5.74, 6) is 0. The van der Waals surface area contributed by atoms with Gasteiger partial charge >= 0.3 is 0 Å². The van der Waals surface area contributed by atoms with Crippen LogP contribution in [0.2, 0.25) is 0 Å². The van der Waals surface area contributed by atoms with Gasteiger partial charge in [0.2, 0.25) is 0 Å². The Balaban J connectivity index is 1.84. The lowest BCUT2D eigenvalue weighted by Crippen LogP contribution is -2.21. The Bertz CT molecular complexity index is 493. The summed E-state index contributed by atoms with van der Waals surface area (Å²) >= 11 is 0. The van der Waals surface area contributed by atoms with E-state index in [1.807, 2.05) is 55.2 Å². The molecule has 0 bridgehead atoms. The van der Waals surface area contributed by atoms with Gasteiger partial charge < -0.3 is 10.4 Å². The lowest BCUT2D eigenvalue weighted by Gasteiger charge is -2.11. The van der Waals surface area contributed by atoms with Gasteiger partial charge in [0.15, 0.2) is 0 Å². The number of aliphatic hydroxyl groups excluding tert-OH is 1. The molecule has 0 saturated heterocycles. The van der Waals surface area contributed by atoms with Gasteiger partial charge in [0.05, 0.1) is 12.3 Å². The molecule has 1 aromatic carbocycles. The van der Waals surface area contributed by atoms with Gasteiger partial charge in [0.25, 0.3) is 0 Å². The van der Waals surface area contributed by atoms with Gasteiger partial charge in [-0.3, -0.25) is 4.68 Å². The largest absolute Gasteiger partial charge is 0.387 e. The Kier molecular flexibility index (Phi) is 4.12. The lowest BCUT2D eigenvalue weighted by molar-refractivity contribution is 0.174. The fraction of sp³-hybridized carbons (Fsp3) is 0.357. The first-order valence-electron chi connectivity index (χ1n) is 6.09. The predicted molar refractivity (Wildman–Crippen MR) is 71.1 cm³/mol. The van der Waals surface area contributed by atoms with Crippen LogP contribution in [-0.2, 0) is 13.6 Å². The van der Waals surface area contributed by atoms with Crippen LogP contribution in [0.3, 0.4) is 0 Å². The van der Waals surface area contributed by atoms with E-state index in [4.69, 9.17) is 0 Å². The summed E-state index contributed by atoms with van der Waals surface area (Å²) in [5.41, 5.74) is 3.25. The van der Waals surface area contributed by atoms with Crippen LogP contribution in [0.1, 0.15) is 22.9 Å². The Hall–Kier alpha value is -1.65. The van der Waals surface area contributed by atoms with Crippen molar-refractivity contribution in [1.82, 2.24) is 15.1 Å². The average molecular weight is 245 g/mol. The fourth-order valence-corrected chi connectivity index (χ4v) is 1.85. The highest BCUT2D eigenvalue weighted by Gasteiger charge is 2.07. The molecule has 0 aliphatic rings. The van der Waals surface area contributed by atoms with Gasteiger partial charge in [-0.25, -0.2) is 0 Å². The van der Waals surface area contributed by atoms with Crippen LogP contribution in [0.15, 0.2) is 36.5 Å². The van der Waals surface area contributed by atoms with Crippen molar-refractivity contribution in [1.29, 1.82) is 0 Å². The first kappa shape index (κ1) is 12.8. The Morgan fingerprint density at radius 3 is 2.67 bits per heavy atom. The maximum atomic E-state index is 9.99. The van der Waals surface area contributed by atoms with Crippen molar-refractivity contribution in [3.63, 3.8) is 0 Å². The third kappa shape index (κ3) is 2.97. The molecular weight excluding hydrogens is 226 g/mol. The number of hydrogen-bond acceptors (Lipinski definition) is 3. The zero-order valence-corrected chi connectivity index (χ0v) is 10.8. The van der Waals surface area contributed by atoms with E-state index in [-0.39, 0.29) is 0 Å². The molecule has 1 unspecified atom stereocenters. The van der Waals surface area contributed by atoms with Gasteiger partial charge in [0.1, 0.15) is 0 Å². The van der Waals surface area contributed by atoms with E-state index in [2.05, 4.69) is 10.4 Å². The zero-order chi connectivity index (χ0) is 13.0. The molecule has 0 amide bonds. The van der Waals surface area contributed by atoms with Crippen molar-refractivity contribution in [2.24, 2.45) is 7.05 Å². The number of rotatable bonds is 5. The molecule has 4 heteroatoms. The Morgan fingerprint density at radius 2 is 2.06 bits per heavy atom. The molecule has 0 radical (unpaired) electrons. The molecule has 2 N–H and O–H groups in total. The minimum atomic E-state index is -0.469. The van der Waals surface area contributed by atoms with Crippen molar-refractivity contribution >= 4 is 0 Å². The Labute approximate surface area is 107 Å². The normalized spacial score (nSPS) is 12.6. The van der Waals surface area contributed by atoms with Crippen LogP contribution >= 0.6 is 0 Å². The first-order valence-corrected chi connectivity index (χ1v) is 6.09. The summed E-state index contributed by atoms with van der Waals surface area (Å²) in [5, 5.41) is 17.4. The second kappa shape index (κ2) is 5.80. The summed E-state index contributed by atoms with van der Waals surface area (Å²) in [4.78, 5) is 0. The molecular formula is C14H19N3O. The molecule has 96 valence electrons. The first-order chi connectivity index (χ1) is 8.68. The van der Waals surface area contributed by atoms with Crippen LogP contribution in [0, 0.1) is 6.92 Å². The monoisotopic (exact) mass is 245 g/mol. The van der Waals surface area contributed by atoms with Gasteiger partial charge in [0, 0.05) is 31.4 Å². The molecule has 0 saturated carbocycles. The third-order valence-electron chi connectivity index (χ3n) is 3.17. The SMILES string of the molecule is Cc1c(CNCC(O)c2ccccc2)cnn1C. The summed E-state index contributed by atoms with van der Waals surface area (Å²) in [6.07, 6.45) is 1.39. The van der Waals surface area contributed by atoms with Crippen LogP contribution < -0.4 is 5.32 Å². The van der Waals surface area contributed by atoms with E-state index in [1.165, 1.54) is 0 Å². The molecule has 2 aromatic rings. The Morgan fingerprint density at radius 1 is 1.33 bits per heavy atom. The van der Waals surface area contributed by atoms with Gasteiger partial charge in [-0.05, 0) is 12.5 Å². The molecule has 0 fully saturated rings. The second-order valence-electron chi connectivity index (χ2n) is 4.44. The maximum absolute atomic E-state index is 9.99. The minimum absolute atomic E-state index is 0.469. The van der Waals surface area contributed by atoms with Crippen molar-refractivity contribution in [3.05, 3.63) is 53.3 Å². The molecule has 0 aliphatic carbocycles. The number of aromatic nitrogens is 2. The maximum Gasteiger partial charge on any atom is 0.0914 e. The number of benzene rings is 1. The van der Waals surface area contributed by atoms with E-state index >= 15 is 0 Å². The van der Waals surface area contributed by atoms with Gasteiger partial charge in [-0.1, -0.05) is 30.3 Å². The molecule has 1 aromatic heterocycles. The van der Waals surface area contributed by atoms with Crippen molar-refractivity contribution in [2.75, 3.05) is 6.54 Å². The third-order valence-corrected chi connectivity index (χ3v) is 3.17. The standard InChI is InChI=1S/C14H19N3O/c1-11-13(9-16-17(11)2)8-15-10-14(18)12-6-4-3-5-7-12/h3-7,9,14-15,18H,8,10H2,1-2H3. The van der Waals surface area contributed by atoms with Crippen molar-refractivity contribution < 1.29 is 5.11 Å². The van der Waals surface area contributed by atoms with Gasteiger partial charge in [-0.15, -0.1) is 0 Å². The number of aryl methyl sites for hydroxylation is 1. The highest BCUT2D eigenvalue weighted by atomic mass is 16.3. The predicted octanol–water partition coefficient (Wildman–Crippen LogP) is 1.55. The minimum Gasteiger partial charge on any atom is -0.387 e. The highest BCUT2D eigenvalue weighted by Crippen LogP contribution is 2.11. The van der Waals surface area contributed by atoms with Crippen LogP contribution in [0.5, 0.6) is 0 Å². The summed E-state index contributed by atoms with van der Waals surface area (Å²) in [7, 11) is 1.93. The molecule has 2 rings (SSSR count). The average Bonchev–Trinajstić information content (AvgIpc) is 2.71.